The Kier molecular flexibility index (Phi) is 4.92. The molecule has 0 aliphatic carbocycles. The van der Waals surface area contributed by atoms with Gasteiger partial charge in [0.05, 0.1) is 29.2 Å². The molecular formula is C21H20FN3O3. The first-order valence-electron chi connectivity index (χ1n) is 9.13. The molecule has 1 fully saturated rings. The maximum atomic E-state index is 13.4. The van der Waals surface area contributed by atoms with Crippen LogP contribution in [0.15, 0.2) is 42.5 Å². The van der Waals surface area contributed by atoms with E-state index in [1.165, 1.54) is 24.3 Å². The quantitative estimate of drug-likeness (QED) is 0.725. The molecule has 0 saturated carbocycles. The molecule has 0 bridgehead atoms. The molecule has 0 radical (unpaired) electrons. The summed E-state index contributed by atoms with van der Waals surface area (Å²) in [6.45, 7) is 1.37. The molecule has 4 rings (SSSR count). The lowest BCUT2D eigenvalue weighted by molar-refractivity contribution is 0.0697. The molecular weight excluding hydrogens is 361 g/mol. The van der Waals surface area contributed by atoms with Crippen LogP contribution in [0.2, 0.25) is 0 Å². The molecule has 1 saturated heterocycles. The summed E-state index contributed by atoms with van der Waals surface area (Å²) in [4.78, 5) is 23.0. The van der Waals surface area contributed by atoms with Crippen molar-refractivity contribution in [2.24, 2.45) is 0 Å². The Morgan fingerprint density at radius 3 is 2.71 bits per heavy atom. The molecule has 7 heteroatoms. The van der Waals surface area contributed by atoms with E-state index in [2.05, 4.69) is 4.90 Å². The van der Waals surface area contributed by atoms with E-state index in [4.69, 9.17) is 14.7 Å². The molecule has 3 aromatic rings. The maximum Gasteiger partial charge on any atom is 0.335 e. The minimum absolute atomic E-state index is 0.164. The largest absolute Gasteiger partial charge is 0.478 e. The van der Waals surface area contributed by atoms with E-state index in [0.29, 0.717) is 29.2 Å². The number of aromatic nitrogens is 2. The monoisotopic (exact) mass is 381 g/mol. The molecule has 1 unspecified atom stereocenters. The van der Waals surface area contributed by atoms with Crippen molar-refractivity contribution >= 4 is 22.8 Å². The average molecular weight is 381 g/mol. The summed E-state index contributed by atoms with van der Waals surface area (Å²) < 4.78 is 18.8. The van der Waals surface area contributed by atoms with Crippen molar-refractivity contribution in [2.45, 2.75) is 18.9 Å². The third kappa shape index (κ3) is 3.41. The van der Waals surface area contributed by atoms with Crippen molar-refractivity contribution in [3.63, 3.8) is 0 Å². The Bertz CT molecular complexity index is 1020. The Labute approximate surface area is 161 Å². The van der Waals surface area contributed by atoms with Gasteiger partial charge in [0.15, 0.2) is 5.82 Å². The van der Waals surface area contributed by atoms with Gasteiger partial charge in [-0.1, -0.05) is 0 Å². The van der Waals surface area contributed by atoms with Gasteiger partial charge in [-0.2, -0.15) is 0 Å². The first-order valence-corrected chi connectivity index (χ1v) is 9.13. The molecule has 1 aliphatic heterocycles. The number of carbonyl (C=O) groups is 1. The van der Waals surface area contributed by atoms with Crippen LogP contribution in [0.5, 0.6) is 0 Å². The number of nitrogens with zero attached hydrogens (tertiary/aromatic N) is 3. The van der Waals surface area contributed by atoms with Crippen LogP contribution < -0.4 is 4.90 Å². The topological polar surface area (TPSA) is 75.5 Å². The minimum atomic E-state index is -1.01. The zero-order valence-electron chi connectivity index (χ0n) is 15.4. The van der Waals surface area contributed by atoms with Gasteiger partial charge in [0.25, 0.3) is 0 Å². The number of hydrogen-bond acceptors (Lipinski definition) is 5. The molecule has 2 aromatic carbocycles. The smallest absolute Gasteiger partial charge is 0.335 e. The molecule has 144 valence electrons. The van der Waals surface area contributed by atoms with E-state index in [-0.39, 0.29) is 17.4 Å². The fraction of sp³-hybridized carbons (Fsp3) is 0.286. The van der Waals surface area contributed by atoms with Crippen LogP contribution in [0, 0.1) is 5.82 Å². The first kappa shape index (κ1) is 18.3. The van der Waals surface area contributed by atoms with Crippen LogP contribution in [0.25, 0.3) is 22.3 Å². The predicted octanol–water partition coefficient (Wildman–Crippen LogP) is 3.75. The number of methoxy groups -OCH3 is 1. The Morgan fingerprint density at radius 2 is 2.00 bits per heavy atom. The van der Waals surface area contributed by atoms with Gasteiger partial charge in [-0.05, 0) is 55.3 Å². The molecule has 1 N–H and O–H groups in total. The van der Waals surface area contributed by atoms with Gasteiger partial charge in [0.1, 0.15) is 11.5 Å². The fourth-order valence-electron chi connectivity index (χ4n) is 3.66. The van der Waals surface area contributed by atoms with Crippen LogP contribution in [0.1, 0.15) is 23.2 Å². The number of rotatable bonds is 5. The molecule has 1 aliphatic rings. The van der Waals surface area contributed by atoms with E-state index in [1.54, 1.807) is 25.3 Å². The van der Waals surface area contributed by atoms with Gasteiger partial charge in [-0.15, -0.1) is 0 Å². The van der Waals surface area contributed by atoms with E-state index in [9.17, 15) is 14.3 Å². The number of fused-ring (bicyclic) bond motifs is 1. The zero-order chi connectivity index (χ0) is 19.7. The van der Waals surface area contributed by atoms with Gasteiger partial charge < -0.3 is 14.7 Å². The second kappa shape index (κ2) is 7.52. The van der Waals surface area contributed by atoms with Crippen molar-refractivity contribution in [3.8, 4) is 11.3 Å². The van der Waals surface area contributed by atoms with Crippen LogP contribution >= 0.6 is 0 Å². The van der Waals surface area contributed by atoms with E-state index >= 15 is 0 Å². The highest BCUT2D eigenvalue weighted by Crippen LogP contribution is 2.34. The highest BCUT2D eigenvalue weighted by atomic mass is 19.1. The highest BCUT2D eigenvalue weighted by molar-refractivity contribution is 5.93. The SMILES string of the molecule is COCC1CCCN1c1nc2cc(C(=O)O)ccc2nc1-c1ccc(F)cc1. The molecule has 28 heavy (non-hydrogen) atoms. The Balaban J connectivity index is 1.90. The lowest BCUT2D eigenvalue weighted by atomic mass is 10.1. The zero-order valence-corrected chi connectivity index (χ0v) is 15.4. The predicted molar refractivity (Wildman–Crippen MR) is 104 cm³/mol. The van der Waals surface area contributed by atoms with Gasteiger partial charge in [0.2, 0.25) is 0 Å². The number of anilines is 1. The molecule has 6 nitrogen and oxygen atoms in total. The molecule has 1 aromatic heterocycles. The van der Waals surface area contributed by atoms with Crippen LogP contribution in [-0.4, -0.2) is 47.3 Å². The standard InChI is InChI=1S/C21H20FN3O3/c1-28-12-16-3-2-10-25(16)20-19(13-4-7-15(22)8-5-13)23-17-9-6-14(21(26)27)11-18(17)24-20/h4-9,11,16H,2-3,10,12H2,1H3,(H,26,27). The molecule has 0 spiro atoms. The van der Waals surface area contributed by atoms with E-state index in [1.807, 2.05) is 0 Å². The summed E-state index contributed by atoms with van der Waals surface area (Å²) in [6.07, 6.45) is 1.98. The summed E-state index contributed by atoms with van der Waals surface area (Å²) in [7, 11) is 1.67. The van der Waals surface area contributed by atoms with Gasteiger partial charge >= 0.3 is 5.97 Å². The minimum Gasteiger partial charge on any atom is -0.478 e. The fourth-order valence-corrected chi connectivity index (χ4v) is 3.66. The number of hydrogen-bond donors (Lipinski definition) is 1. The van der Waals surface area contributed by atoms with Crippen molar-refractivity contribution in [1.82, 2.24) is 9.97 Å². The lowest BCUT2D eigenvalue weighted by Gasteiger charge is -2.27. The summed E-state index contributed by atoms with van der Waals surface area (Å²) in [5, 5.41) is 9.29. The summed E-state index contributed by atoms with van der Waals surface area (Å²) in [6, 6.07) is 11.0. The average Bonchev–Trinajstić information content (AvgIpc) is 3.15. The molecule has 0 amide bonds. The summed E-state index contributed by atoms with van der Waals surface area (Å²) in [5.74, 6) is -0.656. The Hall–Kier alpha value is -3.06. The molecule has 2 heterocycles. The summed E-state index contributed by atoms with van der Waals surface area (Å²) in [5.41, 5.74) is 2.69. The normalized spacial score (nSPS) is 16.6. The summed E-state index contributed by atoms with van der Waals surface area (Å²) >= 11 is 0. The first-order chi connectivity index (χ1) is 13.6. The Morgan fingerprint density at radius 1 is 1.21 bits per heavy atom. The number of aromatic carboxylic acids is 1. The number of benzene rings is 2. The van der Waals surface area contributed by atoms with Crippen molar-refractivity contribution in [1.29, 1.82) is 0 Å². The van der Waals surface area contributed by atoms with E-state index in [0.717, 1.165) is 24.9 Å². The van der Waals surface area contributed by atoms with Crippen molar-refractivity contribution in [2.75, 3.05) is 25.2 Å². The highest BCUT2D eigenvalue weighted by Gasteiger charge is 2.29. The third-order valence-corrected chi connectivity index (χ3v) is 5.02. The number of halogens is 1. The maximum absolute atomic E-state index is 13.4. The van der Waals surface area contributed by atoms with Gasteiger partial charge in [-0.25, -0.2) is 19.2 Å². The van der Waals surface area contributed by atoms with Crippen molar-refractivity contribution in [3.05, 3.63) is 53.8 Å². The van der Waals surface area contributed by atoms with E-state index < -0.39 is 5.97 Å². The molecule has 1 atom stereocenters. The van der Waals surface area contributed by atoms with Crippen LogP contribution in [0.3, 0.4) is 0 Å². The van der Waals surface area contributed by atoms with Gasteiger partial charge in [-0.3, -0.25) is 0 Å². The third-order valence-electron chi connectivity index (χ3n) is 5.02. The van der Waals surface area contributed by atoms with Crippen LogP contribution in [-0.2, 0) is 4.74 Å². The van der Waals surface area contributed by atoms with Crippen molar-refractivity contribution < 1.29 is 19.0 Å². The number of carboxylic acids is 1. The second-order valence-electron chi connectivity index (χ2n) is 6.86. The number of ether oxygens (including phenoxy) is 1. The van der Waals surface area contributed by atoms with Crippen LogP contribution in [0.4, 0.5) is 10.2 Å². The number of carboxylic acid groups (broad SMARTS) is 1. The second-order valence-corrected chi connectivity index (χ2v) is 6.86. The lowest BCUT2D eigenvalue weighted by Crippen LogP contribution is -2.34. The van der Waals surface area contributed by atoms with Gasteiger partial charge in [0, 0.05) is 19.2 Å².